The van der Waals surface area contributed by atoms with E-state index < -0.39 is 0 Å². The summed E-state index contributed by atoms with van der Waals surface area (Å²) in [6.45, 7) is 2.70. The van der Waals surface area contributed by atoms with E-state index in [2.05, 4.69) is 30.0 Å². The summed E-state index contributed by atoms with van der Waals surface area (Å²) in [6, 6.07) is 0. The zero-order chi connectivity index (χ0) is 6.20. The molecule has 0 unspecified atom stereocenters. The number of hydrogen-bond acceptors (Lipinski definition) is 0. The van der Waals surface area contributed by atoms with Gasteiger partial charge in [-0.15, -0.1) is 0 Å². The SMILES string of the molecule is C.C[N+]1(C)CC(CBr)C1. The quantitative estimate of drug-likeness (QED) is 0.441. The zero-order valence-electron chi connectivity index (χ0n) is 5.52. The molecule has 0 aliphatic carbocycles. The molecule has 56 valence electrons. The number of hydrogen-bond donors (Lipinski definition) is 0. The maximum Gasteiger partial charge on any atom is 0.0874 e. The summed E-state index contributed by atoms with van der Waals surface area (Å²) in [7, 11) is 4.55. The van der Waals surface area contributed by atoms with E-state index >= 15 is 0 Å². The molecule has 1 fully saturated rings. The predicted octanol–water partition coefficient (Wildman–Crippen LogP) is 1.72. The molecule has 0 bridgehead atoms. The first-order valence-corrected chi connectivity index (χ1v) is 4.14. The Morgan fingerprint density at radius 2 is 1.89 bits per heavy atom. The van der Waals surface area contributed by atoms with E-state index in [0.29, 0.717) is 0 Å². The molecular formula is C7H17BrN+. The fourth-order valence-corrected chi connectivity index (χ4v) is 1.85. The first-order valence-electron chi connectivity index (χ1n) is 3.02. The third-order valence-corrected chi connectivity index (χ3v) is 2.64. The monoisotopic (exact) mass is 194 g/mol. The second kappa shape index (κ2) is 3.02. The van der Waals surface area contributed by atoms with Gasteiger partial charge in [-0.2, -0.15) is 0 Å². The van der Waals surface area contributed by atoms with Crippen molar-refractivity contribution in [2.75, 3.05) is 32.5 Å². The lowest BCUT2D eigenvalue weighted by Gasteiger charge is -2.43. The number of rotatable bonds is 1. The topological polar surface area (TPSA) is 0 Å². The van der Waals surface area contributed by atoms with E-state index in [4.69, 9.17) is 0 Å². The molecule has 0 N–H and O–H groups in total. The van der Waals surface area contributed by atoms with Gasteiger partial charge in [-0.25, -0.2) is 0 Å². The highest BCUT2D eigenvalue weighted by Gasteiger charge is 2.35. The van der Waals surface area contributed by atoms with Crippen LogP contribution in [0.15, 0.2) is 0 Å². The molecule has 0 aromatic carbocycles. The molecule has 1 aliphatic rings. The minimum Gasteiger partial charge on any atom is -0.328 e. The van der Waals surface area contributed by atoms with Gasteiger partial charge in [0.05, 0.1) is 33.1 Å². The van der Waals surface area contributed by atoms with Crippen molar-refractivity contribution in [3.8, 4) is 0 Å². The largest absolute Gasteiger partial charge is 0.328 e. The molecule has 0 atom stereocenters. The maximum absolute atomic E-state index is 3.47. The maximum atomic E-state index is 3.47. The van der Waals surface area contributed by atoms with Gasteiger partial charge in [0.15, 0.2) is 0 Å². The van der Waals surface area contributed by atoms with E-state index in [-0.39, 0.29) is 7.43 Å². The van der Waals surface area contributed by atoms with Crippen LogP contribution in [0.1, 0.15) is 7.43 Å². The van der Waals surface area contributed by atoms with E-state index in [9.17, 15) is 0 Å². The Morgan fingerprint density at radius 1 is 1.44 bits per heavy atom. The summed E-state index contributed by atoms with van der Waals surface area (Å²) in [6.07, 6.45) is 0. The Kier molecular flexibility index (Phi) is 3.17. The average molecular weight is 195 g/mol. The van der Waals surface area contributed by atoms with Crippen LogP contribution in [0, 0.1) is 5.92 Å². The van der Waals surface area contributed by atoms with Crippen LogP contribution in [0.5, 0.6) is 0 Å². The standard InChI is InChI=1S/C6H13BrN.CH4/c1-8(2)4-6(3-7)5-8;/h6H,3-5H2,1-2H3;1H4/q+1;. The molecular weight excluding hydrogens is 178 g/mol. The van der Waals surface area contributed by atoms with E-state index in [1.54, 1.807) is 0 Å². The van der Waals surface area contributed by atoms with Crippen LogP contribution in [-0.2, 0) is 0 Å². The first-order chi connectivity index (χ1) is 3.64. The van der Waals surface area contributed by atoms with Crippen LogP contribution in [0.4, 0.5) is 0 Å². The van der Waals surface area contributed by atoms with E-state index in [1.165, 1.54) is 22.9 Å². The third kappa shape index (κ3) is 2.26. The molecule has 1 heterocycles. The van der Waals surface area contributed by atoms with Crippen molar-refractivity contribution >= 4 is 15.9 Å². The van der Waals surface area contributed by atoms with Crippen LogP contribution in [0.25, 0.3) is 0 Å². The van der Waals surface area contributed by atoms with Crippen molar-refractivity contribution in [3.05, 3.63) is 0 Å². The molecule has 0 aromatic heterocycles. The lowest BCUT2D eigenvalue weighted by atomic mass is 10.0. The second-order valence-electron chi connectivity index (χ2n) is 3.32. The Morgan fingerprint density at radius 3 is 2.00 bits per heavy atom. The van der Waals surface area contributed by atoms with Crippen molar-refractivity contribution in [2.45, 2.75) is 7.43 Å². The molecule has 0 spiro atoms. The lowest BCUT2D eigenvalue weighted by molar-refractivity contribution is -0.937. The van der Waals surface area contributed by atoms with Gasteiger partial charge in [0.2, 0.25) is 0 Å². The number of nitrogens with zero attached hydrogens (tertiary/aromatic N) is 1. The molecule has 0 radical (unpaired) electrons. The smallest absolute Gasteiger partial charge is 0.0874 e. The average Bonchev–Trinajstić information content (AvgIpc) is 1.60. The van der Waals surface area contributed by atoms with Crippen LogP contribution in [0.2, 0.25) is 0 Å². The minimum absolute atomic E-state index is 0. The highest BCUT2D eigenvalue weighted by atomic mass is 79.9. The fourth-order valence-electron chi connectivity index (χ4n) is 1.44. The summed E-state index contributed by atoms with van der Waals surface area (Å²) in [4.78, 5) is 0. The number of halogens is 1. The predicted molar refractivity (Wildman–Crippen MR) is 45.9 cm³/mol. The van der Waals surface area contributed by atoms with Gasteiger partial charge in [0.25, 0.3) is 0 Å². The summed E-state index contributed by atoms with van der Waals surface area (Å²) < 4.78 is 1.22. The first kappa shape index (κ1) is 9.44. The van der Waals surface area contributed by atoms with Gasteiger partial charge < -0.3 is 4.48 Å². The molecule has 1 aliphatic heterocycles. The highest BCUT2D eigenvalue weighted by Crippen LogP contribution is 2.21. The number of likely N-dealkylation sites (tertiary alicyclic amines) is 1. The Balaban J connectivity index is 0.000000640. The second-order valence-corrected chi connectivity index (χ2v) is 3.97. The van der Waals surface area contributed by atoms with Crippen molar-refractivity contribution in [1.29, 1.82) is 0 Å². The van der Waals surface area contributed by atoms with Crippen molar-refractivity contribution < 1.29 is 4.48 Å². The van der Waals surface area contributed by atoms with Gasteiger partial charge >= 0.3 is 0 Å². The number of alkyl halides is 1. The van der Waals surface area contributed by atoms with E-state index in [1.807, 2.05) is 0 Å². The Hall–Kier alpha value is 0.440. The molecule has 0 saturated carbocycles. The Bertz CT molecular complexity index is 82.9. The van der Waals surface area contributed by atoms with Gasteiger partial charge in [0, 0.05) is 5.33 Å². The van der Waals surface area contributed by atoms with Crippen molar-refractivity contribution in [2.24, 2.45) is 5.92 Å². The molecule has 1 nitrogen and oxygen atoms in total. The third-order valence-electron chi connectivity index (χ3n) is 1.72. The zero-order valence-corrected chi connectivity index (χ0v) is 7.11. The van der Waals surface area contributed by atoms with Gasteiger partial charge in [-0.1, -0.05) is 23.4 Å². The summed E-state index contributed by atoms with van der Waals surface area (Å²) in [5.41, 5.74) is 0. The van der Waals surface area contributed by atoms with Crippen LogP contribution in [0.3, 0.4) is 0 Å². The van der Waals surface area contributed by atoms with Crippen LogP contribution < -0.4 is 0 Å². The van der Waals surface area contributed by atoms with E-state index in [0.717, 1.165) is 5.92 Å². The van der Waals surface area contributed by atoms with Gasteiger partial charge in [-0.3, -0.25) is 0 Å². The molecule has 9 heavy (non-hydrogen) atoms. The van der Waals surface area contributed by atoms with Gasteiger partial charge in [-0.05, 0) is 0 Å². The molecule has 0 aromatic rings. The lowest BCUT2D eigenvalue weighted by Crippen LogP contribution is -2.58. The van der Waals surface area contributed by atoms with Crippen molar-refractivity contribution in [3.63, 3.8) is 0 Å². The minimum atomic E-state index is 0. The van der Waals surface area contributed by atoms with Gasteiger partial charge in [0.1, 0.15) is 0 Å². The summed E-state index contributed by atoms with van der Waals surface area (Å²) in [5.74, 6) is 0.949. The fraction of sp³-hybridized carbons (Fsp3) is 1.00. The molecule has 2 heteroatoms. The molecule has 0 amide bonds. The van der Waals surface area contributed by atoms with Crippen LogP contribution >= 0.6 is 15.9 Å². The highest BCUT2D eigenvalue weighted by molar-refractivity contribution is 9.09. The van der Waals surface area contributed by atoms with Crippen molar-refractivity contribution in [1.82, 2.24) is 0 Å². The summed E-state index contributed by atoms with van der Waals surface area (Å²) in [5, 5.41) is 1.19. The number of quaternary nitrogens is 1. The Labute approximate surface area is 66.8 Å². The summed E-state index contributed by atoms with van der Waals surface area (Å²) >= 11 is 3.47. The molecule has 1 saturated heterocycles. The van der Waals surface area contributed by atoms with Crippen LogP contribution in [-0.4, -0.2) is 37.0 Å². The normalized spacial score (nSPS) is 24.3. The molecule has 1 rings (SSSR count).